The summed E-state index contributed by atoms with van der Waals surface area (Å²) in [6, 6.07) is 10.3. The van der Waals surface area contributed by atoms with E-state index >= 15 is 0 Å². The molecule has 0 spiro atoms. The first kappa shape index (κ1) is 48.5. The second-order valence-electron chi connectivity index (χ2n) is 14.6. The Bertz CT molecular complexity index is 2480. The molecule has 4 atom stereocenters. The normalized spacial score (nSPS) is 13.1. The van der Waals surface area contributed by atoms with Crippen LogP contribution in [0.15, 0.2) is 77.8 Å². The van der Waals surface area contributed by atoms with E-state index in [-0.39, 0.29) is 29.7 Å². The van der Waals surface area contributed by atoms with Crippen molar-refractivity contribution in [2.45, 2.75) is 75.0 Å². The van der Waals surface area contributed by atoms with Crippen LogP contribution in [0.5, 0.6) is 0 Å². The minimum absolute atomic E-state index is 0.172. The van der Waals surface area contributed by atoms with Gasteiger partial charge in [0.2, 0.25) is 45.5 Å². The SMILES string of the molecule is Cc1cc(C)cc(S(=O)(=O)N[C@H](CC(=O)O)C(=O)NCC(=O)NCC(=O)N[C@@H](Cc2cccc(F)c2)C(=O)N[C@@H](Cc2c[nH]c3ccccc23)C(=O)N[C@@H](CCC(=O)O)C(N)=O)c1. The summed E-state index contributed by atoms with van der Waals surface area (Å²) in [5.74, 6) is -9.44. The third kappa shape index (κ3) is 15.0. The highest BCUT2D eigenvalue weighted by molar-refractivity contribution is 7.89. The number of aromatic nitrogens is 1. The molecule has 11 N–H and O–H groups in total. The molecular weight excluding hydrogens is 848 g/mol. The lowest BCUT2D eigenvalue weighted by Gasteiger charge is -2.25. The van der Waals surface area contributed by atoms with Crippen LogP contribution >= 0.6 is 0 Å². The van der Waals surface area contributed by atoms with Crippen molar-refractivity contribution in [2.75, 3.05) is 13.1 Å². The number of carbonyl (C=O) groups is 8. The molecule has 4 rings (SSSR count). The number of halogens is 1. The largest absolute Gasteiger partial charge is 0.481 e. The van der Waals surface area contributed by atoms with E-state index in [9.17, 15) is 56.3 Å². The molecule has 0 radical (unpaired) electrons. The van der Waals surface area contributed by atoms with E-state index in [4.69, 9.17) is 10.8 Å². The van der Waals surface area contributed by atoms with Crippen LogP contribution in [0.2, 0.25) is 0 Å². The summed E-state index contributed by atoms with van der Waals surface area (Å²) in [6.07, 6.45) is -0.746. The molecule has 0 aliphatic rings. The summed E-state index contributed by atoms with van der Waals surface area (Å²) in [4.78, 5) is 104. The van der Waals surface area contributed by atoms with Crippen molar-refractivity contribution in [3.63, 3.8) is 0 Å². The standard InChI is InChI=1S/C41H47FN8O12S/c1-22-12-23(2)14-27(13-22)63(61,62)50-33(18-37(55)56)39(58)46-20-34(51)45-21-35(52)47-31(16-24-6-5-7-26(42)15-24)40(59)49-32(17-25-19-44-29-9-4-3-8-28(25)29)41(60)48-30(38(43)57)10-11-36(53)54/h3-9,12-15,19,30-33,44,50H,10-11,16-18,20-21H2,1-2H3,(H2,43,57)(H,45,51)(H,46,58)(H,47,52)(H,48,60)(H,49,59)(H,53,54)(H,55,56)/t30-,31-,32-,33+/m0/s1. The molecule has 6 amide bonds. The van der Waals surface area contributed by atoms with Gasteiger partial charge in [0.15, 0.2) is 0 Å². The number of rotatable bonds is 23. The van der Waals surface area contributed by atoms with Crippen molar-refractivity contribution >= 4 is 68.3 Å². The maximum absolute atomic E-state index is 14.2. The smallest absolute Gasteiger partial charge is 0.305 e. The Morgan fingerprint density at radius 1 is 0.714 bits per heavy atom. The van der Waals surface area contributed by atoms with Gasteiger partial charge in [0.1, 0.15) is 30.0 Å². The molecule has 0 unspecified atom stereocenters. The Kier molecular flexibility index (Phi) is 17.0. The molecule has 0 fully saturated rings. The van der Waals surface area contributed by atoms with Crippen LogP contribution in [0.3, 0.4) is 0 Å². The number of carboxylic acids is 2. The predicted molar refractivity (Wildman–Crippen MR) is 222 cm³/mol. The topological polar surface area (TPSA) is 325 Å². The number of benzene rings is 3. The Morgan fingerprint density at radius 3 is 1.98 bits per heavy atom. The highest BCUT2D eigenvalue weighted by Gasteiger charge is 2.32. The number of aryl methyl sites for hydroxylation is 2. The Hall–Kier alpha value is -7.20. The molecule has 336 valence electrons. The van der Waals surface area contributed by atoms with Gasteiger partial charge in [0.25, 0.3) is 0 Å². The van der Waals surface area contributed by atoms with E-state index in [2.05, 4.69) is 31.6 Å². The van der Waals surface area contributed by atoms with E-state index in [1.165, 1.54) is 24.3 Å². The number of carboxylic acid groups (broad SMARTS) is 2. The fraction of sp³-hybridized carbons (Fsp3) is 0.317. The number of aromatic amines is 1. The van der Waals surface area contributed by atoms with Crippen molar-refractivity contribution in [1.82, 2.24) is 36.3 Å². The van der Waals surface area contributed by atoms with Gasteiger partial charge in [-0.15, -0.1) is 0 Å². The number of fused-ring (bicyclic) bond motifs is 1. The zero-order valence-corrected chi connectivity index (χ0v) is 34.8. The zero-order valence-electron chi connectivity index (χ0n) is 34.0. The minimum Gasteiger partial charge on any atom is -0.481 e. The Morgan fingerprint density at radius 2 is 1.35 bits per heavy atom. The maximum atomic E-state index is 14.2. The third-order valence-electron chi connectivity index (χ3n) is 9.39. The van der Waals surface area contributed by atoms with Crippen molar-refractivity contribution in [3.8, 4) is 0 Å². The van der Waals surface area contributed by atoms with E-state index in [0.717, 1.165) is 12.1 Å². The number of H-pyrrole nitrogens is 1. The van der Waals surface area contributed by atoms with Crippen molar-refractivity contribution in [1.29, 1.82) is 0 Å². The van der Waals surface area contributed by atoms with Crippen molar-refractivity contribution < 1.29 is 61.4 Å². The van der Waals surface area contributed by atoms with Crippen LogP contribution in [0.1, 0.15) is 41.5 Å². The Balaban J connectivity index is 1.47. The first-order chi connectivity index (χ1) is 29.7. The minimum atomic E-state index is -4.39. The lowest BCUT2D eigenvalue weighted by molar-refractivity contribution is -0.140. The van der Waals surface area contributed by atoms with Crippen LogP contribution in [0, 0.1) is 19.7 Å². The van der Waals surface area contributed by atoms with Gasteiger partial charge in [-0.3, -0.25) is 38.4 Å². The summed E-state index contributed by atoms with van der Waals surface area (Å²) in [5, 5.41) is 30.9. The molecule has 4 aromatic rings. The molecule has 0 saturated carbocycles. The lowest BCUT2D eigenvalue weighted by atomic mass is 10.0. The molecule has 0 aliphatic heterocycles. The highest BCUT2D eigenvalue weighted by atomic mass is 32.2. The van der Waals surface area contributed by atoms with Gasteiger partial charge in [-0.05, 0) is 72.9 Å². The van der Waals surface area contributed by atoms with Gasteiger partial charge in [-0.1, -0.05) is 36.4 Å². The van der Waals surface area contributed by atoms with E-state index in [1.54, 1.807) is 50.4 Å². The average Bonchev–Trinajstić information content (AvgIpc) is 3.61. The molecule has 20 nitrogen and oxygen atoms in total. The molecule has 1 aromatic heterocycles. The number of nitrogens with two attached hydrogens (primary N) is 1. The van der Waals surface area contributed by atoms with Gasteiger partial charge in [-0.2, -0.15) is 4.72 Å². The molecule has 0 aliphatic carbocycles. The summed E-state index contributed by atoms with van der Waals surface area (Å²) in [5.41, 5.74) is 8.12. The number of aliphatic carboxylic acids is 2. The molecule has 0 bridgehead atoms. The molecular formula is C41H47FN8O12S. The number of amides is 6. The van der Waals surface area contributed by atoms with Crippen LogP contribution < -0.4 is 37.0 Å². The number of sulfonamides is 1. The first-order valence-corrected chi connectivity index (χ1v) is 20.8. The summed E-state index contributed by atoms with van der Waals surface area (Å²) in [7, 11) is -4.39. The molecule has 1 heterocycles. The van der Waals surface area contributed by atoms with Gasteiger partial charge >= 0.3 is 11.9 Å². The second-order valence-corrected chi connectivity index (χ2v) is 16.3. The fourth-order valence-electron chi connectivity index (χ4n) is 6.42. The molecule has 3 aromatic carbocycles. The number of primary amides is 1. The van der Waals surface area contributed by atoms with Crippen LogP contribution in [0.25, 0.3) is 10.9 Å². The summed E-state index contributed by atoms with van der Waals surface area (Å²) in [6.45, 7) is 1.68. The predicted octanol–water partition coefficient (Wildman–Crippen LogP) is -0.432. The van der Waals surface area contributed by atoms with E-state index in [0.29, 0.717) is 27.6 Å². The Labute approximate surface area is 360 Å². The van der Waals surface area contributed by atoms with Crippen molar-refractivity contribution in [3.05, 3.63) is 101 Å². The summed E-state index contributed by atoms with van der Waals surface area (Å²) >= 11 is 0. The molecule has 63 heavy (non-hydrogen) atoms. The monoisotopic (exact) mass is 894 g/mol. The molecule has 22 heteroatoms. The number of carbonyl (C=O) groups excluding carboxylic acids is 6. The van der Waals surface area contributed by atoms with Gasteiger partial charge in [-0.25, -0.2) is 12.8 Å². The number of hydrogen-bond acceptors (Lipinski definition) is 10. The van der Waals surface area contributed by atoms with Crippen LogP contribution in [0.4, 0.5) is 4.39 Å². The summed E-state index contributed by atoms with van der Waals surface area (Å²) < 4.78 is 42.3. The second kappa shape index (κ2) is 22.1. The van der Waals surface area contributed by atoms with Crippen molar-refractivity contribution in [2.24, 2.45) is 5.73 Å². The zero-order chi connectivity index (χ0) is 46.4. The van der Waals surface area contributed by atoms with E-state index in [1.807, 2.05) is 4.72 Å². The van der Waals surface area contributed by atoms with Gasteiger partial charge in [0.05, 0.1) is 24.4 Å². The average molecular weight is 895 g/mol. The first-order valence-electron chi connectivity index (χ1n) is 19.3. The number of nitrogens with one attached hydrogen (secondary N) is 7. The molecule has 0 saturated heterocycles. The number of hydrogen-bond donors (Lipinski definition) is 10. The number of para-hydroxylation sites is 1. The highest BCUT2D eigenvalue weighted by Crippen LogP contribution is 2.20. The van der Waals surface area contributed by atoms with Crippen LogP contribution in [-0.2, 0) is 61.2 Å². The lowest BCUT2D eigenvalue weighted by Crippen LogP contribution is -2.58. The van der Waals surface area contributed by atoms with Crippen LogP contribution in [-0.4, -0.2) is 108 Å². The quantitative estimate of drug-likeness (QED) is 0.0454. The fourth-order valence-corrected chi connectivity index (χ4v) is 7.80. The third-order valence-corrected chi connectivity index (χ3v) is 10.8. The maximum Gasteiger partial charge on any atom is 0.305 e. The van der Waals surface area contributed by atoms with Gasteiger partial charge < -0.3 is 47.5 Å². The van der Waals surface area contributed by atoms with Gasteiger partial charge in [0, 0.05) is 36.4 Å². The van der Waals surface area contributed by atoms with E-state index < -0.39 is 113 Å².